The van der Waals surface area contributed by atoms with Crippen LogP contribution in [0.5, 0.6) is 0 Å². The topological polar surface area (TPSA) is 94.2 Å². The molecule has 0 atom stereocenters. The van der Waals surface area contributed by atoms with Gasteiger partial charge in [0, 0.05) is 15.0 Å². The molecule has 0 saturated carbocycles. The van der Waals surface area contributed by atoms with Crippen LogP contribution in [0.3, 0.4) is 0 Å². The van der Waals surface area contributed by atoms with E-state index in [4.69, 9.17) is 17.3 Å². The molecule has 118 valence electrons. The van der Waals surface area contributed by atoms with Crippen LogP contribution in [-0.4, -0.2) is 16.4 Å². The molecule has 0 radical (unpaired) electrons. The number of nitrogens with two attached hydrogens (primary N) is 1. The summed E-state index contributed by atoms with van der Waals surface area (Å²) in [6, 6.07) is 2.77. The molecular formula is C14H8Br2ClN3O3. The van der Waals surface area contributed by atoms with Gasteiger partial charge in [0.15, 0.2) is 0 Å². The molecule has 1 aromatic carbocycles. The van der Waals surface area contributed by atoms with Gasteiger partial charge in [-0.3, -0.25) is 24.3 Å². The number of aromatic nitrogens is 1. The van der Waals surface area contributed by atoms with E-state index < -0.39 is 17.4 Å². The molecule has 6 nitrogen and oxygen atoms in total. The van der Waals surface area contributed by atoms with Gasteiger partial charge in [0.2, 0.25) is 0 Å². The minimum absolute atomic E-state index is 0.0139. The van der Waals surface area contributed by atoms with E-state index in [1.807, 2.05) is 0 Å². The molecule has 3 N–H and O–H groups in total. The number of rotatable bonds is 1. The third-order valence-corrected chi connectivity index (χ3v) is 5.50. The van der Waals surface area contributed by atoms with Crippen molar-refractivity contribution in [3.05, 3.63) is 53.1 Å². The van der Waals surface area contributed by atoms with E-state index in [2.05, 4.69) is 37.2 Å². The first-order valence-corrected chi connectivity index (χ1v) is 8.26. The van der Waals surface area contributed by atoms with Gasteiger partial charge in [-0.1, -0.05) is 11.6 Å². The number of fused-ring (bicyclic) bond motifs is 1. The molecular weight excluding hydrogens is 453 g/mol. The van der Waals surface area contributed by atoms with Crippen LogP contribution >= 0.6 is 43.5 Å². The lowest BCUT2D eigenvalue weighted by molar-refractivity contribution is 0.0880. The zero-order chi connectivity index (χ0) is 17.0. The summed E-state index contributed by atoms with van der Waals surface area (Å²) in [5, 5.41) is 2.54. The molecule has 2 heterocycles. The fraction of sp³-hybridized carbons (Fsp3) is 0.0714. The zero-order valence-corrected chi connectivity index (χ0v) is 15.5. The van der Waals surface area contributed by atoms with Crippen LogP contribution in [0.15, 0.2) is 25.9 Å². The van der Waals surface area contributed by atoms with Gasteiger partial charge in [-0.15, -0.1) is 0 Å². The highest BCUT2D eigenvalue weighted by Gasteiger charge is 2.32. The second-order valence-corrected chi connectivity index (χ2v) is 6.99. The van der Waals surface area contributed by atoms with Crippen molar-refractivity contribution in [2.45, 2.75) is 6.92 Å². The Morgan fingerprint density at radius 2 is 1.78 bits per heavy atom. The zero-order valence-electron chi connectivity index (χ0n) is 11.5. The highest BCUT2D eigenvalue weighted by molar-refractivity contribution is 9.11. The molecule has 0 unspecified atom stereocenters. The van der Waals surface area contributed by atoms with Crippen molar-refractivity contribution in [2.24, 2.45) is 0 Å². The molecule has 1 aliphatic heterocycles. The first-order chi connectivity index (χ1) is 10.7. The number of imide groups is 1. The van der Waals surface area contributed by atoms with Gasteiger partial charge in [-0.25, -0.2) is 0 Å². The summed E-state index contributed by atoms with van der Waals surface area (Å²) in [7, 11) is 0. The Bertz CT molecular complexity index is 969. The molecule has 3 rings (SSSR count). The number of nitrogens with one attached hydrogen (secondary N) is 1. The minimum atomic E-state index is -0.634. The van der Waals surface area contributed by atoms with E-state index in [1.165, 1.54) is 0 Å². The Kier molecular flexibility index (Phi) is 3.86. The molecule has 9 heteroatoms. The number of halogens is 3. The third-order valence-electron chi connectivity index (χ3n) is 3.55. The standard InChI is InChI=1S/C14H8Br2ClN3O3/c1-4-10(17)6(15)3-7(16)11(4)20-8(21)2-5-9(12(20)18)14(23)19-13(5)22/h2-3H,18H2,1H3,(H,19,22,23). The number of benzene rings is 1. The molecule has 2 aromatic rings. The van der Waals surface area contributed by atoms with Crippen LogP contribution in [0, 0.1) is 6.92 Å². The van der Waals surface area contributed by atoms with Crippen molar-refractivity contribution >= 4 is 61.1 Å². The normalized spacial score (nSPS) is 13.2. The molecule has 0 bridgehead atoms. The molecule has 1 aliphatic rings. The predicted molar refractivity (Wildman–Crippen MR) is 93.4 cm³/mol. The number of hydrogen-bond donors (Lipinski definition) is 2. The quantitative estimate of drug-likeness (QED) is 0.505. The maximum Gasteiger partial charge on any atom is 0.262 e. The summed E-state index contributed by atoms with van der Waals surface area (Å²) in [6.45, 7) is 1.72. The van der Waals surface area contributed by atoms with Gasteiger partial charge in [-0.05, 0) is 50.4 Å². The Balaban J connectivity index is 2.43. The molecule has 1 aromatic heterocycles. The summed E-state index contributed by atoms with van der Waals surface area (Å²) in [4.78, 5) is 36.1. The maximum atomic E-state index is 12.5. The van der Waals surface area contributed by atoms with Gasteiger partial charge < -0.3 is 5.73 Å². The van der Waals surface area contributed by atoms with Crippen LogP contribution < -0.4 is 16.6 Å². The highest BCUT2D eigenvalue weighted by atomic mass is 79.9. The Morgan fingerprint density at radius 3 is 2.43 bits per heavy atom. The lowest BCUT2D eigenvalue weighted by atomic mass is 10.1. The minimum Gasteiger partial charge on any atom is -0.384 e. The van der Waals surface area contributed by atoms with E-state index >= 15 is 0 Å². The average molecular weight is 461 g/mol. The SMILES string of the molecule is Cc1c(Cl)c(Br)cc(Br)c1-n1c(N)c2c(cc1=O)C(=O)NC2=O. The first-order valence-electron chi connectivity index (χ1n) is 6.29. The summed E-state index contributed by atoms with van der Waals surface area (Å²) in [5.41, 5.74) is 6.45. The van der Waals surface area contributed by atoms with Crippen molar-refractivity contribution in [2.75, 3.05) is 5.73 Å². The first kappa shape index (κ1) is 16.2. The molecule has 0 saturated heterocycles. The smallest absolute Gasteiger partial charge is 0.262 e. The Morgan fingerprint density at radius 1 is 1.13 bits per heavy atom. The summed E-state index contributed by atoms with van der Waals surface area (Å²) < 4.78 is 2.37. The number of hydrogen-bond acceptors (Lipinski definition) is 4. The van der Waals surface area contributed by atoms with E-state index in [1.54, 1.807) is 13.0 Å². The molecule has 23 heavy (non-hydrogen) atoms. The summed E-state index contributed by atoms with van der Waals surface area (Å²) >= 11 is 12.9. The Labute approximate surface area is 151 Å². The van der Waals surface area contributed by atoms with Crippen molar-refractivity contribution < 1.29 is 9.59 Å². The van der Waals surface area contributed by atoms with Crippen LogP contribution in [0.1, 0.15) is 26.3 Å². The predicted octanol–water partition coefficient (Wildman–Crippen LogP) is 2.79. The number of nitrogens with zero attached hydrogens (tertiary/aromatic N) is 1. The lowest BCUT2D eigenvalue weighted by Gasteiger charge is -2.17. The van der Waals surface area contributed by atoms with Crippen molar-refractivity contribution in [3.8, 4) is 5.69 Å². The van der Waals surface area contributed by atoms with Crippen LogP contribution in [0.2, 0.25) is 5.02 Å². The number of amides is 2. The fourth-order valence-electron chi connectivity index (χ4n) is 2.49. The highest BCUT2D eigenvalue weighted by Crippen LogP contribution is 2.37. The van der Waals surface area contributed by atoms with Gasteiger partial charge in [0.25, 0.3) is 17.4 Å². The monoisotopic (exact) mass is 459 g/mol. The van der Waals surface area contributed by atoms with Crippen LogP contribution in [0.25, 0.3) is 5.69 Å². The van der Waals surface area contributed by atoms with Gasteiger partial charge in [0.05, 0.1) is 21.8 Å². The number of pyridine rings is 1. The maximum absolute atomic E-state index is 12.5. The van der Waals surface area contributed by atoms with E-state index in [0.29, 0.717) is 25.2 Å². The second kappa shape index (κ2) is 5.47. The Hall–Kier alpha value is -1.64. The number of anilines is 1. The summed E-state index contributed by atoms with van der Waals surface area (Å²) in [6.07, 6.45) is 0. The third kappa shape index (κ3) is 2.32. The number of carbonyl (C=O) groups excluding carboxylic acids is 2. The van der Waals surface area contributed by atoms with Crippen molar-refractivity contribution in [1.82, 2.24) is 9.88 Å². The van der Waals surface area contributed by atoms with Crippen molar-refractivity contribution in [1.29, 1.82) is 0 Å². The molecule has 2 amide bonds. The van der Waals surface area contributed by atoms with Gasteiger partial charge in [0.1, 0.15) is 5.82 Å². The second-order valence-electron chi connectivity index (χ2n) is 4.90. The molecule has 0 fully saturated rings. The van der Waals surface area contributed by atoms with E-state index in [-0.39, 0.29) is 16.9 Å². The van der Waals surface area contributed by atoms with E-state index in [0.717, 1.165) is 10.6 Å². The lowest BCUT2D eigenvalue weighted by Crippen LogP contribution is -2.25. The van der Waals surface area contributed by atoms with Gasteiger partial charge >= 0.3 is 0 Å². The molecule has 0 aliphatic carbocycles. The van der Waals surface area contributed by atoms with Crippen molar-refractivity contribution in [3.63, 3.8) is 0 Å². The number of carbonyl (C=O) groups is 2. The average Bonchev–Trinajstić information content (AvgIpc) is 2.74. The van der Waals surface area contributed by atoms with Gasteiger partial charge in [-0.2, -0.15) is 0 Å². The summed E-state index contributed by atoms with van der Waals surface area (Å²) in [5.74, 6) is -1.38. The van der Waals surface area contributed by atoms with Crippen LogP contribution in [-0.2, 0) is 0 Å². The van der Waals surface area contributed by atoms with Crippen LogP contribution in [0.4, 0.5) is 5.82 Å². The molecule has 0 spiro atoms. The fourth-order valence-corrected chi connectivity index (χ4v) is 4.17. The van der Waals surface area contributed by atoms with E-state index in [9.17, 15) is 14.4 Å². The number of nitrogen functional groups attached to an aromatic ring is 1. The largest absolute Gasteiger partial charge is 0.384 e.